The lowest BCUT2D eigenvalue weighted by Gasteiger charge is -2.30. The van der Waals surface area contributed by atoms with Gasteiger partial charge in [0.2, 0.25) is 0 Å². The summed E-state index contributed by atoms with van der Waals surface area (Å²) in [7, 11) is 0. The van der Waals surface area contributed by atoms with Crippen molar-refractivity contribution in [2.75, 3.05) is 0 Å². The number of rotatable bonds is 3. The fraction of sp³-hybridized carbons (Fsp3) is 0.818. The van der Waals surface area contributed by atoms with Crippen LogP contribution in [-0.4, -0.2) is 23.1 Å². The van der Waals surface area contributed by atoms with Crippen molar-refractivity contribution in [1.29, 1.82) is 0 Å². The van der Waals surface area contributed by atoms with Gasteiger partial charge >= 0.3 is 11.9 Å². The van der Waals surface area contributed by atoms with Gasteiger partial charge < -0.3 is 9.84 Å². The summed E-state index contributed by atoms with van der Waals surface area (Å²) >= 11 is 0. The highest BCUT2D eigenvalue weighted by Crippen LogP contribution is 2.40. The molecule has 0 aromatic heterocycles. The van der Waals surface area contributed by atoms with Crippen molar-refractivity contribution in [1.82, 2.24) is 0 Å². The number of carboxylic acids is 1. The number of esters is 1. The van der Waals surface area contributed by atoms with Gasteiger partial charge in [-0.2, -0.15) is 0 Å². The second kappa shape index (κ2) is 3.83. The molecule has 15 heavy (non-hydrogen) atoms. The molecule has 0 aromatic carbocycles. The Labute approximate surface area is 88.6 Å². The maximum Gasteiger partial charge on any atom is 0.323 e. The molecule has 0 amide bonds. The van der Waals surface area contributed by atoms with Crippen LogP contribution in [0.4, 0.5) is 0 Å². The minimum atomic E-state index is -1.23. The SMILES string of the molecule is O=C(O)C1(C(=O)OC2CCC2)CCCC1. The summed E-state index contributed by atoms with van der Waals surface area (Å²) in [4.78, 5) is 23.0. The van der Waals surface area contributed by atoms with Crippen molar-refractivity contribution >= 4 is 11.9 Å². The smallest absolute Gasteiger partial charge is 0.323 e. The van der Waals surface area contributed by atoms with E-state index in [-0.39, 0.29) is 6.10 Å². The average Bonchev–Trinajstić information content (AvgIpc) is 2.60. The van der Waals surface area contributed by atoms with Crippen LogP contribution in [0.5, 0.6) is 0 Å². The van der Waals surface area contributed by atoms with E-state index in [9.17, 15) is 9.59 Å². The van der Waals surface area contributed by atoms with Crippen molar-refractivity contribution < 1.29 is 19.4 Å². The van der Waals surface area contributed by atoms with Gasteiger partial charge in [-0.3, -0.25) is 9.59 Å². The van der Waals surface area contributed by atoms with Gasteiger partial charge in [-0.25, -0.2) is 0 Å². The van der Waals surface area contributed by atoms with Crippen molar-refractivity contribution in [3.63, 3.8) is 0 Å². The third kappa shape index (κ3) is 1.73. The predicted octanol–water partition coefficient (Wildman–Crippen LogP) is 1.73. The van der Waals surface area contributed by atoms with E-state index in [4.69, 9.17) is 9.84 Å². The number of hydrogen-bond acceptors (Lipinski definition) is 3. The lowest BCUT2D eigenvalue weighted by atomic mass is 9.86. The standard InChI is InChI=1S/C11H16O4/c12-9(13)11(6-1-2-7-11)10(14)15-8-4-3-5-8/h8H,1-7H2,(H,12,13). The summed E-state index contributed by atoms with van der Waals surface area (Å²) < 4.78 is 5.22. The number of hydrogen-bond donors (Lipinski definition) is 1. The number of ether oxygens (including phenoxy) is 1. The molecule has 0 radical (unpaired) electrons. The third-order valence-electron chi connectivity index (χ3n) is 3.58. The molecule has 2 rings (SSSR count). The second-order valence-corrected chi connectivity index (χ2v) is 4.55. The van der Waals surface area contributed by atoms with Gasteiger partial charge in [-0.05, 0) is 32.1 Å². The molecule has 0 spiro atoms. The molecule has 0 aliphatic heterocycles. The molecule has 0 atom stereocenters. The van der Waals surface area contributed by atoms with Crippen LogP contribution in [0.3, 0.4) is 0 Å². The fourth-order valence-corrected chi connectivity index (χ4v) is 2.24. The van der Waals surface area contributed by atoms with Gasteiger partial charge in [-0.15, -0.1) is 0 Å². The molecule has 0 bridgehead atoms. The summed E-state index contributed by atoms with van der Waals surface area (Å²) in [5.74, 6) is -1.51. The normalized spacial score (nSPS) is 24.5. The molecule has 2 aliphatic carbocycles. The third-order valence-corrected chi connectivity index (χ3v) is 3.58. The summed E-state index contributed by atoms with van der Waals surface area (Å²) in [5, 5.41) is 9.14. The Balaban J connectivity index is 2.03. The van der Waals surface area contributed by atoms with Crippen LogP contribution in [0.2, 0.25) is 0 Å². The quantitative estimate of drug-likeness (QED) is 0.571. The first kappa shape index (κ1) is 10.5. The van der Waals surface area contributed by atoms with Gasteiger partial charge in [-0.1, -0.05) is 12.8 Å². The first-order chi connectivity index (χ1) is 7.15. The molecule has 4 heteroatoms. The van der Waals surface area contributed by atoms with Gasteiger partial charge in [0.15, 0.2) is 5.41 Å². The lowest BCUT2D eigenvalue weighted by molar-refractivity contribution is -0.174. The molecular formula is C11H16O4. The lowest BCUT2D eigenvalue weighted by Crippen LogP contribution is -2.41. The van der Waals surface area contributed by atoms with Gasteiger partial charge in [0.05, 0.1) is 0 Å². The van der Waals surface area contributed by atoms with E-state index in [1.54, 1.807) is 0 Å². The maximum atomic E-state index is 11.8. The minimum absolute atomic E-state index is 0.0191. The molecule has 0 aromatic rings. The monoisotopic (exact) mass is 212 g/mol. The average molecular weight is 212 g/mol. The first-order valence-corrected chi connectivity index (χ1v) is 5.60. The molecule has 0 unspecified atom stereocenters. The summed E-state index contributed by atoms with van der Waals surface area (Å²) in [6.45, 7) is 0. The van der Waals surface area contributed by atoms with E-state index in [1.165, 1.54) is 0 Å². The Morgan fingerprint density at radius 2 is 1.73 bits per heavy atom. The van der Waals surface area contributed by atoms with Crippen molar-refractivity contribution in [3.05, 3.63) is 0 Å². The number of aliphatic carboxylic acids is 1. The summed E-state index contributed by atoms with van der Waals surface area (Å²) in [6.07, 6.45) is 5.34. The second-order valence-electron chi connectivity index (χ2n) is 4.55. The molecule has 0 saturated heterocycles. The van der Waals surface area contributed by atoms with E-state index >= 15 is 0 Å². The molecular weight excluding hydrogens is 196 g/mol. The van der Waals surface area contributed by atoms with Crippen LogP contribution in [0.25, 0.3) is 0 Å². The summed E-state index contributed by atoms with van der Waals surface area (Å²) in [5.41, 5.74) is -1.23. The van der Waals surface area contributed by atoms with Crippen molar-refractivity contribution in [3.8, 4) is 0 Å². The van der Waals surface area contributed by atoms with Gasteiger partial charge in [0.25, 0.3) is 0 Å². The van der Waals surface area contributed by atoms with E-state index in [0.29, 0.717) is 12.8 Å². The molecule has 2 saturated carbocycles. The minimum Gasteiger partial charge on any atom is -0.480 e. The van der Waals surface area contributed by atoms with Crippen molar-refractivity contribution in [2.45, 2.75) is 51.0 Å². The highest BCUT2D eigenvalue weighted by Gasteiger charge is 2.50. The zero-order chi connectivity index (χ0) is 10.9. The molecule has 0 heterocycles. The Morgan fingerprint density at radius 1 is 1.13 bits per heavy atom. The van der Waals surface area contributed by atoms with Crippen LogP contribution in [0, 0.1) is 5.41 Å². The first-order valence-electron chi connectivity index (χ1n) is 5.60. The van der Waals surface area contributed by atoms with Crippen LogP contribution in [0.15, 0.2) is 0 Å². The van der Waals surface area contributed by atoms with Crippen molar-refractivity contribution in [2.24, 2.45) is 5.41 Å². The molecule has 2 aliphatic rings. The Morgan fingerprint density at radius 3 is 2.13 bits per heavy atom. The van der Waals surface area contributed by atoms with Gasteiger partial charge in [0, 0.05) is 0 Å². The Hall–Kier alpha value is -1.06. The molecule has 2 fully saturated rings. The number of carbonyl (C=O) groups excluding carboxylic acids is 1. The zero-order valence-corrected chi connectivity index (χ0v) is 8.70. The maximum absolute atomic E-state index is 11.8. The van der Waals surface area contributed by atoms with E-state index in [2.05, 4.69) is 0 Å². The largest absolute Gasteiger partial charge is 0.480 e. The fourth-order valence-electron chi connectivity index (χ4n) is 2.24. The number of carbonyl (C=O) groups is 2. The van der Waals surface area contributed by atoms with Crippen LogP contribution in [-0.2, 0) is 14.3 Å². The van der Waals surface area contributed by atoms with E-state index in [0.717, 1.165) is 32.1 Å². The topological polar surface area (TPSA) is 63.6 Å². The van der Waals surface area contributed by atoms with E-state index < -0.39 is 17.4 Å². The summed E-state index contributed by atoms with van der Waals surface area (Å²) in [6, 6.07) is 0. The van der Waals surface area contributed by atoms with Crippen LogP contribution < -0.4 is 0 Å². The van der Waals surface area contributed by atoms with Gasteiger partial charge in [0.1, 0.15) is 6.10 Å². The molecule has 4 nitrogen and oxygen atoms in total. The van der Waals surface area contributed by atoms with Crippen LogP contribution >= 0.6 is 0 Å². The van der Waals surface area contributed by atoms with Crippen LogP contribution in [0.1, 0.15) is 44.9 Å². The highest BCUT2D eigenvalue weighted by atomic mass is 16.5. The Bertz CT molecular complexity index is 274. The molecule has 1 N–H and O–H groups in total. The van der Waals surface area contributed by atoms with E-state index in [1.807, 2.05) is 0 Å². The number of carboxylic acid groups (broad SMARTS) is 1. The molecule has 84 valence electrons. The predicted molar refractivity (Wildman–Crippen MR) is 52.3 cm³/mol. The zero-order valence-electron chi connectivity index (χ0n) is 8.70. The Kier molecular flexibility index (Phi) is 2.67. The highest BCUT2D eigenvalue weighted by molar-refractivity contribution is 5.99.